The van der Waals surface area contributed by atoms with Gasteiger partial charge in [0.25, 0.3) is 5.56 Å². The number of fused-ring (bicyclic) bond motifs is 1. The summed E-state index contributed by atoms with van der Waals surface area (Å²) < 4.78 is 6.27. The fourth-order valence-electron chi connectivity index (χ4n) is 2.80. The number of amides is 1. The first-order valence-corrected chi connectivity index (χ1v) is 9.32. The minimum Gasteiger partial charge on any atom is -0.496 e. The lowest BCUT2D eigenvalue weighted by molar-refractivity contribution is -0.116. The molecule has 0 unspecified atom stereocenters. The van der Waals surface area contributed by atoms with E-state index in [1.807, 2.05) is 18.2 Å². The summed E-state index contributed by atoms with van der Waals surface area (Å²) in [6.45, 7) is 3.65. The van der Waals surface area contributed by atoms with Crippen molar-refractivity contribution < 1.29 is 9.53 Å². The lowest BCUT2D eigenvalue weighted by atomic mass is 9.86. The second kappa shape index (κ2) is 7.45. The Morgan fingerprint density at radius 3 is 3.00 bits per heavy atom. The molecule has 3 rings (SSSR count). The first-order chi connectivity index (χ1) is 12.0. The summed E-state index contributed by atoms with van der Waals surface area (Å²) in [5.41, 5.74) is 0.953. The number of carbonyl (C=O) groups excluding carboxylic acids is 1. The number of rotatable bonds is 5. The summed E-state index contributed by atoms with van der Waals surface area (Å²) in [5, 5.41) is 3.16. The molecule has 8 heteroatoms. The Balaban J connectivity index is 2.14. The summed E-state index contributed by atoms with van der Waals surface area (Å²) in [5.74, 6) is 0.929. The van der Waals surface area contributed by atoms with Crippen LogP contribution in [0.3, 0.4) is 0 Å². The maximum atomic E-state index is 12.7. The number of benzene rings is 1. The Kier molecular flexibility index (Phi) is 5.29. The lowest BCUT2D eigenvalue weighted by Crippen LogP contribution is -2.31. The average Bonchev–Trinajstić information content (AvgIpc) is 2.58. The van der Waals surface area contributed by atoms with Crippen molar-refractivity contribution in [2.24, 2.45) is 0 Å². The van der Waals surface area contributed by atoms with Crippen LogP contribution in [-0.2, 0) is 4.79 Å². The summed E-state index contributed by atoms with van der Waals surface area (Å²) >= 11 is 4.78. The van der Waals surface area contributed by atoms with Crippen molar-refractivity contribution in [3.63, 3.8) is 0 Å². The molecule has 1 aromatic heterocycles. The molecule has 1 amide bonds. The highest BCUT2D eigenvalue weighted by atomic mass is 79.9. The molecule has 0 saturated heterocycles. The minimum absolute atomic E-state index is 0.156. The Bertz CT molecular complexity index is 897. The molecule has 1 aliphatic rings. The van der Waals surface area contributed by atoms with Gasteiger partial charge in [-0.05, 0) is 18.2 Å². The predicted octanol–water partition coefficient (Wildman–Crippen LogP) is 3.29. The molecule has 0 spiro atoms. The third-order valence-electron chi connectivity index (χ3n) is 3.83. The third-order valence-corrected chi connectivity index (χ3v) is 5.20. The predicted molar refractivity (Wildman–Crippen MR) is 102 cm³/mol. The van der Waals surface area contributed by atoms with Crippen molar-refractivity contribution in [3.05, 3.63) is 56.8 Å². The van der Waals surface area contributed by atoms with Gasteiger partial charge in [-0.1, -0.05) is 33.8 Å². The lowest BCUT2D eigenvalue weighted by Gasteiger charge is -2.25. The molecule has 0 fully saturated rings. The van der Waals surface area contributed by atoms with Gasteiger partial charge in [-0.25, -0.2) is 4.98 Å². The number of H-pyrrole nitrogens is 1. The Morgan fingerprint density at radius 2 is 2.28 bits per heavy atom. The zero-order valence-corrected chi connectivity index (χ0v) is 15.9. The number of methoxy groups -OCH3 is 1. The smallest absolute Gasteiger partial charge is 0.257 e. The normalized spacial score (nSPS) is 16.1. The van der Waals surface area contributed by atoms with Crippen LogP contribution in [0, 0.1) is 0 Å². The van der Waals surface area contributed by atoms with Crippen LogP contribution in [0.2, 0.25) is 0 Å². The second-order valence-electron chi connectivity index (χ2n) is 5.42. The van der Waals surface area contributed by atoms with Gasteiger partial charge >= 0.3 is 0 Å². The molecule has 0 radical (unpaired) electrons. The van der Waals surface area contributed by atoms with Gasteiger partial charge < -0.3 is 15.0 Å². The van der Waals surface area contributed by atoms with Crippen LogP contribution in [-0.4, -0.2) is 28.7 Å². The van der Waals surface area contributed by atoms with E-state index in [1.165, 1.54) is 11.8 Å². The molecule has 130 valence electrons. The van der Waals surface area contributed by atoms with Gasteiger partial charge in [0.2, 0.25) is 5.91 Å². The molecule has 1 aromatic carbocycles. The molecule has 0 bridgehead atoms. The zero-order valence-electron chi connectivity index (χ0n) is 13.5. The highest BCUT2D eigenvalue weighted by molar-refractivity contribution is 9.10. The maximum Gasteiger partial charge on any atom is 0.257 e. The third kappa shape index (κ3) is 3.64. The molecular weight excluding hydrogens is 406 g/mol. The van der Waals surface area contributed by atoms with Crippen LogP contribution in [0.5, 0.6) is 5.75 Å². The Hall–Kier alpha value is -2.06. The van der Waals surface area contributed by atoms with Crippen molar-refractivity contribution in [3.8, 4) is 5.75 Å². The van der Waals surface area contributed by atoms with Crippen LogP contribution in [0.1, 0.15) is 23.5 Å². The summed E-state index contributed by atoms with van der Waals surface area (Å²) in [6.07, 6.45) is 1.88. The number of hydrogen-bond donors (Lipinski definition) is 2. The van der Waals surface area contributed by atoms with Crippen molar-refractivity contribution in [2.45, 2.75) is 17.5 Å². The molecule has 2 heterocycles. The van der Waals surface area contributed by atoms with E-state index in [2.05, 4.69) is 37.8 Å². The number of aromatic amines is 1. The van der Waals surface area contributed by atoms with E-state index >= 15 is 0 Å². The number of aromatic nitrogens is 2. The van der Waals surface area contributed by atoms with E-state index < -0.39 is 5.92 Å². The van der Waals surface area contributed by atoms with E-state index in [1.54, 1.807) is 13.2 Å². The monoisotopic (exact) mass is 421 g/mol. The average molecular weight is 422 g/mol. The van der Waals surface area contributed by atoms with Crippen molar-refractivity contribution in [2.75, 3.05) is 18.2 Å². The van der Waals surface area contributed by atoms with E-state index in [-0.39, 0.29) is 17.9 Å². The Labute approximate surface area is 157 Å². The van der Waals surface area contributed by atoms with E-state index in [0.29, 0.717) is 28.0 Å². The van der Waals surface area contributed by atoms with E-state index in [4.69, 9.17) is 4.74 Å². The fraction of sp³-hybridized carbons (Fsp3) is 0.235. The highest BCUT2D eigenvalue weighted by Crippen LogP contribution is 2.39. The first kappa shape index (κ1) is 17.8. The fourth-order valence-corrected chi connectivity index (χ4v) is 3.78. The number of anilines is 1. The standard InChI is InChI=1S/C17H16BrN3O3S/c1-3-6-25-17-20-15-14(16(23)21-17)11(8-13(22)19-15)10-7-9(18)4-5-12(10)24-2/h3-5,7,11H,1,6,8H2,2H3,(H2,19,20,21,22,23)/t11-/m0/s1. The van der Waals surface area contributed by atoms with Gasteiger partial charge in [0, 0.05) is 28.1 Å². The van der Waals surface area contributed by atoms with Crippen LogP contribution in [0.4, 0.5) is 5.82 Å². The first-order valence-electron chi connectivity index (χ1n) is 7.54. The van der Waals surface area contributed by atoms with Crippen molar-refractivity contribution in [1.29, 1.82) is 0 Å². The van der Waals surface area contributed by atoms with Crippen molar-refractivity contribution >= 4 is 39.4 Å². The van der Waals surface area contributed by atoms with Gasteiger partial charge in [0.1, 0.15) is 11.6 Å². The molecule has 6 nitrogen and oxygen atoms in total. The number of carbonyl (C=O) groups is 1. The summed E-state index contributed by atoms with van der Waals surface area (Å²) in [6, 6.07) is 5.52. The SMILES string of the molecule is C=CCSc1nc2c(c(=O)[nH]1)[C@H](c1cc(Br)ccc1OC)CC(=O)N2. The minimum atomic E-state index is -0.425. The highest BCUT2D eigenvalue weighted by Gasteiger charge is 2.32. The van der Waals surface area contributed by atoms with E-state index in [0.717, 1.165) is 10.0 Å². The number of hydrogen-bond acceptors (Lipinski definition) is 5. The van der Waals surface area contributed by atoms with Crippen LogP contribution >= 0.6 is 27.7 Å². The van der Waals surface area contributed by atoms with Gasteiger partial charge in [0.05, 0.1) is 12.7 Å². The number of halogens is 1. The Morgan fingerprint density at radius 1 is 1.48 bits per heavy atom. The molecule has 2 aromatic rings. The molecule has 25 heavy (non-hydrogen) atoms. The molecule has 0 saturated carbocycles. The van der Waals surface area contributed by atoms with Crippen molar-refractivity contribution in [1.82, 2.24) is 9.97 Å². The van der Waals surface area contributed by atoms with Gasteiger partial charge in [-0.2, -0.15) is 0 Å². The number of nitrogens with zero attached hydrogens (tertiary/aromatic N) is 1. The summed E-state index contributed by atoms with van der Waals surface area (Å²) in [7, 11) is 1.56. The quantitative estimate of drug-likeness (QED) is 0.439. The largest absolute Gasteiger partial charge is 0.496 e. The van der Waals surface area contributed by atoms with Crippen LogP contribution < -0.4 is 15.6 Å². The molecule has 1 atom stereocenters. The summed E-state index contributed by atoms with van der Waals surface area (Å²) in [4.78, 5) is 32.0. The second-order valence-corrected chi connectivity index (χ2v) is 7.35. The van der Waals surface area contributed by atoms with E-state index in [9.17, 15) is 9.59 Å². The van der Waals surface area contributed by atoms with Gasteiger partial charge in [-0.15, -0.1) is 6.58 Å². The molecule has 2 N–H and O–H groups in total. The molecule has 1 aliphatic heterocycles. The number of thioether (sulfide) groups is 1. The van der Waals surface area contributed by atoms with Crippen LogP contribution in [0.25, 0.3) is 0 Å². The maximum absolute atomic E-state index is 12.7. The van der Waals surface area contributed by atoms with Crippen LogP contribution in [0.15, 0.2) is 45.3 Å². The van der Waals surface area contributed by atoms with Gasteiger partial charge in [0.15, 0.2) is 5.16 Å². The zero-order chi connectivity index (χ0) is 18.0. The number of ether oxygens (including phenoxy) is 1. The molecular formula is C17H16BrN3O3S. The van der Waals surface area contributed by atoms with Gasteiger partial charge in [-0.3, -0.25) is 9.59 Å². The topological polar surface area (TPSA) is 84.1 Å². The molecule has 0 aliphatic carbocycles. The number of nitrogens with one attached hydrogen (secondary N) is 2.